The second kappa shape index (κ2) is 9.48. The lowest BCUT2D eigenvalue weighted by Gasteiger charge is -2.23. The Hall–Kier alpha value is -3.97. The van der Waals surface area contributed by atoms with Crippen LogP contribution in [0.2, 0.25) is 0 Å². The van der Waals surface area contributed by atoms with Crippen LogP contribution in [0, 0.1) is 13.8 Å². The minimum absolute atomic E-state index is 0.0303. The second-order valence-corrected chi connectivity index (χ2v) is 10.7. The first-order valence-corrected chi connectivity index (χ1v) is 12.9. The van der Waals surface area contributed by atoms with Crippen molar-refractivity contribution >= 4 is 44.1 Å². The number of benzene rings is 3. The predicted octanol–water partition coefficient (Wildman–Crippen LogP) is 6.67. The molecule has 1 N–H and O–H groups in total. The zero-order chi connectivity index (χ0) is 26.4. The standard InChI is InChI=1S/C30H28N2O4S/c1-16(2)19-9-11-20(12-10-19)26-24(27(33)21-7-6-8-22(15-21)36-5)28(34)29(35)32(26)30-31-25-18(4)13-17(3)14-23(25)37-30/h6-16,26,33H,1-5H3. The third kappa shape index (κ3) is 4.29. The van der Waals surface area contributed by atoms with E-state index in [4.69, 9.17) is 9.72 Å². The molecule has 0 aliphatic carbocycles. The lowest BCUT2D eigenvalue weighted by atomic mass is 9.93. The minimum Gasteiger partial charge on any atom is -0.507 e. The van der Waals surface area contributed by atoms with Crippen LogP contribution in [0.25, 0.3) is 16.0 Å². The number of aliphatic hydroxyl groups is 1. The number of carbonyl (C=O) groups is 2. The van der Waals surface area contributed by atoms with Crippen molar-refractivity contribution in [1.29, 1.82) is 0 Å². The molecule has 1 aliphatic rings. The van der Waals surface area contributed by atoms with Crippen LogP contribution in [-0.4, -0.2) is 28.9 Å². The number of anilines is 1. The largest absolute Gasteiger partial charge is 0.507 e. The van der Waals surface area contributed by atoms with Crippen LogP contribution in [0.1, 0.15) is 53.6 Å². The lowest BCUT2D eigenvalue weighted by molar-refractivity contribution is -0.132. The number of thiazole rings is 1. The molecule has 1 fully saturated rings. The molecule has 3 aromatic carbocycles. The summed E-state index contributed by atoms with van der Waals surface area (Å²) >= 11 is 1.37. The van der Waals surface area contributed by atoms with Gasteiger partial charge in [0.1, 0.15) is 11.5 Å². The quantitative estimate of drug-likeness (QED) is 0.183. The zero-order valence-electron chi connectivity index (χ0n) is 21.4. The van der Waals surface area contributed by atoms with Crippen molar-refractivity contribution in [3.05, 3.63) is 94.1 Å². The lowest BCUT2D eigenvalue weighted by Crippen LogP contribution is -2.29. The number of rotatable bonds is 5. The molecule has 2 heterocycles. The SMILES string of the molecule is COc1cccc(C(O)=C2C(=O)C(=O)N(c3nc4c(C)cc(C)cc4s3)C2c2ccc(C(C)C)cc2)c1. The number of carbonyl (C=O) groups excluding carboxylic acids is 2. The van der Waals surface area contributed by atoms with Crippen molar-refractivity contribution in [1.82, 2.24) is 4.98 Å². The number of aromatic nitrogens is 1. The number of methoxy groups -OCH3 is 1. The fraction of sp³-hybridized carbons (Fsp3) is 0.233. The van der Waals surface area contributed by atoms with Gasteiger partial charge in [-0.3, -0.25) is 14.5 Å². The topological polar surface area (TPSA) is 79.7 Å². The highest BCUT2D eigenvalue weighted by Gasteiger charge is 2.48. The van der Waals surface area contributed by atoms with E-state index < -0.39 is 17.7 Å². The Balaban J connectivity index is 1.73. The first kappa shape index (κ1) is 24.7. The molecule has 1 aliphatic heterocycles. The van der Waals surface area contributed by atoms with E-state index in [2.05, 4.69) is 13.8 Å². The predicted molar refractivity (Wildman–Crippen MR) is 147 cm³/mol. The Kier molecular flexibility index (Phi) is 6.33. The van der Waals surface area contributed by atoms with Gasteiger partial charge in [0.15, 0.2) is 5.13 Å². The fourth-order valence-electron chi connectivity index (χ4n) is 4.80. The maximum Gasteiger partial charge on any atom is 0.301 e. The number of nitrogens with zero attached hydrogens (tertiary/aromatic N) is 2. The summed E-state index contributed by atoms with van der Waals surface area (Å²) in [6, 6.07) is 17.9. The second-order valence-electron chi connectivity index (χ2n) is 9.65. The highest BCUT2D eigenvalue weighted by atomic mass is 32.1. The van der Waals surface area contributed by atoms with E-state index in [0.29, 0.717) is 22.4 Å². The molecular formula is C30H28N2O4S. The van der Waals surface area contributed by atoms with E-state index in [0.717, 1.165) is 32.5 Å². The number of amides is 1. The molecule has 4 aromatic rings. The molecule has 0 bridgehead atoms. The van der Waals surface area contributed by atoms with Gasteiger partial charge in [-0.1, -0.05) is 67.6 Å². The first-order chi connectivity index (χ1) is 17.7. The van der Waals surface area contributed by atoms with Crippen molar-refractivity contribution in [3.8, 4) is 5.75 Å². The summed E-state index contributed by atoms with van der Waals surface area (Å²) in [7, 11) is 1.53. The molecule has 0 spiro atoms. The molecule has 1 amide bonds. The molecule has 5 rings (SSSR count). The molecule has 188 valence electrons. The van der Waals surface area contributed by atoms with Crippen molar-refractivity contribution < 1.29 is 19.4 Å². The summed E-state index contributed by atoms with van der Waals surface area (Å²) in [5.41, 5.74) is 5.19. The van der Waals surface area contributed by atoms with Gasteiger partial charge in [0.2, 0.25) is 0 Å². The molecule has 0 saturated carbocycles. The Bertz CT molecular complexity index is 1570. The van der Waals surface area contributed by atoms with Gasteiger partial charge >= 0.3 is 5.91 Å². The smallest absolute Gasteiger partial charge is 0.301 e. The van der Waals surface area contributed by atoms with Crippen molar-refractivity contribution in [3.63, 3.8) is 0 Å². The molecule has 37 heavy (non-hydrogen) atoms. The highest BCUT2D eigenvalue weighted by Crippen LogP contribution is 2.45. The molecule has 6 nitrogen and oxygen atoms in total. The van der Waals surface area contributed by atoms with E-state index in [1.165, 1.54) is 23.3 Å². The fourth-order valence-corrected chi connectivity index (χ4v) is 5.96. The normalized spacial score (nSPS) is 17.2. The molecular weight excluding hydrogens is 484 g/mol. The van der Waals surface area contributed by atoms with Crippen LogP contribution in [-0.2, 0) is 9.59 Å². The van der Waals surface area contributed by atoms with Gasteiger partial charge in [-0.05, 0) is 60.2 Å². The zero-order valence-corrected chi connectivity index (χ0v) is 22.2. The molecule has 1 unspecified atom stereocenters. The maximum atomic E-state index is 13.5. The minimum atomic E-state index is -0.825. The number of Topliss-reactive ketones (excluding diaryl/α,β-unsaturated/α-hetero) is 1. The van der Waals surface area contributed by atoms with E-state index in [-0.39, 0.29) is 11.3 Å². The van der Waals surface area contributed by atoms with Gasteiger partial charge < -0.3 is 9.84 Å². The number of aliphatic hydroxyl groups excluding tert-OH is 1. The Morgan fingerprint density at radius 1 is 1.05 bits per heavy atom. The number of hydrogen-bond acceptors (Lipinski definition) is 6. The van der Waals surface area contributed by atoms with E-state index in [9.17, 15) is 14.7 Å². The van der Waals surface area contributed by atoms with Crippen LogP contribution < -0.4 is 9.64 Å². The van der Waals surface area contributed by atoms with Gasteiger partial charge in [-0.2, -0.15) is 0 Å². The third-order valence-electron chi connectivity index (χ3n) is 6.73. The summed E-state index contributed by atoms with van der Waals surface area (Å²) in [4.78, 5) is 33.2. The van der Waals surface area contributed by atoms with Crippen molar-refractivity contribution in [2.24, 2.45) is 0 Å². The molecule has 1 aromatic heterocycles. The summed E-state index contributed by atoms with van der Waals surface area (Å²) in [5.74, 6) is -0.840. The van der Waals surface area contributed by atoms with Crippen molar-refractivity contribution in [2.75, 3.05) is 12.0 Å². The highest BCUT2D eigenvalue weighted by molar-refractivity contribution is 7.22. The van der Waals surface area contributed by atoms with Crippen LogP contribution in [0.3, 0.4) is 0 Å². The summed E-state index contributed by atoms with van der Waals surface area (Å²) in [6.07, 6.45) is 0. The van der Waals surface area contributed by atoms with Gasteiger partial charge in [0.05, 0.1) is 28.9 Å². The maximum absolute atomic E-state index is 13.5. The Morgan fingerprint density at radius 3 is 2.46 bits per heavy atom. The summed E-state index contributed by atoms with van der Waals surface area (Å²) in [5, 5.41) is 11.8. The number of hydrogen-bond donors (Lipinski definition) is 1. The van der Waals surface area contributed by atoms with Crippen LogP contribution >= 0.6 is 11.3 Å². The number of fused-ring (bicyclic) bond motifs is 1. The van der Waals surface area contributed by atoms with Gasteiger partial charge in [-0.15, -0.1) is 0 Å². The van der Waals surface area contributed by atoms with Crippen molar-refractivity contribution in [2.45, 2.75) is 39.7 Å². The van der Waals surface area contributed by atoms with E-state index >= 15 is 0 Å². The third-order valence-corrected chi connectivity index (χ3v) is 7.73. The van der Waals surface area contributed by atoms with Gasteiger partial charge in [0, 0.05) is 5.56 Å². The first-order valence-electron chi connectivity index (χ1n) is 12.1. The van der Waals surface area contributed by atoms with Crippen LogP contribution in [0.4, 0.5) is 5.13 Å². The van der Waals surface area contributed by atoms with Crippen LogP contribution in [0.15, 0.2) is 66.2 Å². The molecule has 7 heteroatoms. The monoisotopic (exact) mass is 512 g/mol. The summed E-state index contributed by atoms with van der Waals surface area (Å²) < 4.78 is 6.24. The van der Waals surface area contributed by atoms with Crippen LogP contribution in [0.5, 0.6) is 5.75 Å². The van der Waals surface area contributed by atoms with E-state index in [1.54, 1.807) is 24.3 Å². The number of aryl methyl sites for hydroxylation is 2. The number of ketones is 1. The Labute approximate surface area is 219 Å². The van der Waals surface area contributed by atoms with Gasteiger partial charge in [-0.25, -0.2) is 4.98 Å². The number of ether oxygens (including phenoxy) is 1. The average molecular weight is 513 g/mol. The van der Waals surface area contributed by atoms with Gasteiger partial charge in [0.25, 0.3) is 5.78 Å². The summed E-state index contributed by atoms with van der Waals surface area (Å²) in [6.45, 7) is 8.21. The molecule has 0 radical (unpaired) electrons. The Morgan fingerprint density at radius 2 is 1.78 bits per heavy atom. The van der Waals surface area contributed by atoms with E-state index in [1.807, 2.05) is 50.2 Å². The average Bonchev–Trinajstić information content (AvgIpc) is 3.42. The molecule has 1 atom stereocenters. The molecule has 1 saturated heterocycles.